The minimum Gasteiger partial charge on any atom is -0.481 e. The highest BCUT2D eigenvalue weighted by Crippen LogP contribution is 2.25. The van der Waals surface area contributed by atoms with Crippen LogP contribution >= 0.6 is 15.9 Å². The first-order chi connectivity index (χ1) is 14.9. The monoisotopic (exact) mass is 492 g/mol. The number of carbonyl (C=O) groups excluding carboxylic acids is 3. The average molecular weight is 493 g/mol. The molecule has 0 radical (unpaired) electrons. The van der Waals surface area contributed by atoms with Crippen molar-refractivity contribution in [1.29, 1.82) is 0 Å². The van der Waals surface area contributed by atoms with Gasteiger partial charge in [0.25, 0.3) is 11.8 Å². The summed E-state index contributed by atoms with van der Waals surface area (Å²) in [4.78, 5) is 36.6. The Morgan fingerprint density at radius 2 is 1.81 bits per heavy atom. The van der Waals surface area contributed by atoms with E-state index in [4.69, 9.17) is 9.47 Å². The van der Waals surface area contributed by atoms with Gasteiger partial charge in [0.05, 0.1) is 15.7 Å². The van der Waals surface area contributed by atoms with E-state index >= 15 is 0 Å². The molecule has 9 heteroatoms. The first kappa shape index (κ1) is 22.7. The van der Waals surface area contributed by atoms with Gasteiger partial charge in [-0.15, -0.1) is 0 Å². The van der Waals surface area contributed by atoms with Crippen LogP contribution in [0, 0.1) is 5.82 Å². The molecule has 0 atom stereocenters. The van der Waals surface area contributed by atoms with Crippen molar-refractivity contribution in [2.24, 2.45) is 0 Å². The lowest BCUT2D eigenvalue weighted by Crippen LogP contribution is -2.33. The number of nitrogens with one attached hydrogen (secondary N) is 2. The fraction of sp³-hybridized carbons (Fsp3) is 0.318. The molecule has 0 heterocycles. The Kier molecular flexibility index (Phi) is 8.00. The van der Waals surface area contributed by atoms with Crippen LogP contribution in [0.1, 0.15) is 36.0 Å². The fourth-order valence-electron chi connectivity index (χ4n) is 3.23. The molecule has 3 rings (SSSR count). The molecule has 0 unspecified atom stereocenters. The average Bonchev–Trinajstić information content (AvgIpc) is 3.25. The van der Waals surface area contributed by atoms with Crippen molar-refractivity contribution in [3.05, 3.63) is 58.3 Å². The Bertz CT molecular complexity index is 963. The van der Waals surface area contributed by atoms with Gasteiger partial charge in [0.15, 0.2) is 13.2 Å². The van der Waals surface area contributed by atoms with Gasteiger partial charge in [-0.25, -0.2) is 9.18 Å². The van der Waals surface area contributed by atoms with E-state index in [9.17, 15) is 18.8 Å². The van der Waals surface area contributed by atoms with Gasteiger partial charge in [-0.3, -0.25) is 9.59 Å². The Labute approximate surface area is 187 Å². The number of amides is 2. The van der Waals surface area contributed by atoms with Crippen LogP contribution < -0.4 is 15.4 Å². The third-order valence-electron chi connectivity index (χ3n) is 4.74. The molecule has 2 aromatic carbocycles. The van der Waals surface area contributed by atoms with Crippen molar-refractivity contribution in [3.63, 3.8) is 0 Å². The van der Waals surface area contributed by atoms with Gasteiger partial charge in [0, 0.05) is 6.04 Å². The van der Waals surface area contributed by atoms with E-state index in [0.29, 0.717) is 15.7 Å². The molecule has 1 saturated carbocycles. The summed E-state index contributed by atoms with van der Waals surface area (Å²) in [5.41, 5.74) is 0.684. The van der Waals surface area contributed by atoms with Gasteiger partial charge in [0.1, 0.15) is 11.6 Å². The van der Waals surface area contributed by atoms with Crippen molar-refractivity contribution in [1.82, 2.24) is 5.32 Å². The second-order valence-corrected chi connectivity index (χ2v) is 7.93. The number of esters is 1. The molecular weight excluding hydrogens is 471 g/mol. The summed E-state index contributed by atoms with van der Waals surface area (Å²) in [7, 11) is 0. The van der Waals surface area contributed by atoms with E-state index in [2.05, 4.69) is 26.6 Å². The summed E-state index contributed by atoms with van der Waals surface area (Å²) in [5, 5.41) is 5.57. The Hall–Kier alpha value is -2.94. The van der Waals surface area contributed by atoms with Crippen LogP contribution in [0.5, 0.6) is 5.75 Å². The summed E-state index contributed by atoms with van der Waals surface area (Å²) in [6, 6.07) is 10.6. The molecule has 0 spiro atoms. The summed E-state index contributed by atoms with van der Waals surface area (Å²) >= 11 is 3.13. The minimum atomic E-state index is -0.765. The van der Waals surface area contributed by atoms with Crippen LogP contribution in [0.15, 0.2) is 46.9 Å². The Morgan fingerprint density at radius 1 is 1.06 bits per heavy atom. The number of hydrogen-bond acceptors (Lipinski definition) is 5. The molecule has 1 aliphatic carbocycles. The quantitative estimate of drug-likeness (QED) is 0.546. The van der Waals surface area contributed by atoms with Gasteiger partial charge in [-0.1, -0.05) is 25.0 Å². The molecule has 2 aromatic rings. The SMILES string of the molecule is O=C(COC(=O)COc1ccc(F)cc1Br)Nc1ccccc1C(=O)NC1CCCC1. The van der Waals surface area contributed by atoms with Crippen molar-refractivity contribution >= 4 is 39.4 Å². The van der Waals surface area contributed by atoms with Crippen molar-refractivity contribution in [2.75, 3.05) is 18.5 Å². The molecule has 1 fully saturated rings. The lowest BCUT2D eigenvalue weighted by atomic mass is 10.1. The number of rotatable bonds is 8. The zero-order chi connectivity index (χ0) is 22.2. The van der Waals surface area contributed by atoms with Gasteiger partial charge in [-0.2, -0.15) is 0 Å². The molecular formula is C22H22BrFN2O5. The summed E-state index contributed by atoms with van der Waals surface area (Å²) in [6.07, 6.45) is 4.09. The van der Waals surface area contributed by atoms with E-state index in [0.717, 1.165) is 25.7 Å². The van der Waals surface area contributed by atoms with Crippen LogP contribution in [-0.2, 0) is 14.3 Å². The smallest absolute Gasteiger partial charge is 0.344 e. The molecule has 0 aliphatic heterocycles. The van der Waals surface area contributed by atoms with Crippen molar-refractivity contribution in [2.45, 2.75) is 31.7 Å². The lowest BCUT2D eigenvalue weighted by Gasteiger charge is -2.15. The largest absolute Gasteiger partial charge is 0.481 e. The van der Waals surface area contributed by atoms with Gasteiger partial charge < -0.3 is 20.1 Å². The summed E-state index contributed by atoms with van der Waals surface area (Å²) in [5.74, 6) is -1.78. The van der Waals surface area contributed by atoms with E-state index in [1.807, 2.05) is 0 Å². The van der Waals surface area contributed by atoms with E-state index in [1.165, 1.54) is 18.2 Å². The highest BCUT2D eigenvalue weighted by molar-refractivity contribution is 9.10. The zero-order valence-corrected chi connectivity index (χ0v) is 18.2. The van der Waals surface area contributed by atoms with Gasteiger partial charge in [0.2, 0.25) is 0 Å². The molecule has 2 amide bonds. The molecule has 31 heavy (non-hydrogen) atoms. The molecule has 164 valence electrons. The number of hydrogen-bond donors (Lipinski definition) is 2. The maximum Gasteiger partial charge on any atom is 0.344 e. The topological polar surface area (TPSA) is 93.7 Å². The molecule has 7 nitrogen and oxygen atoms in total. The van der Waals surface area contributed by atoms with Crippen molar-refractivity contribution in [3.8, 4) is 5.75 Å². The maximum absolute atomic E-state index is 13.1. The number of carbonyl (C=O) groups is 3. The third-order valence-corrected chi connectivity index (χ3v) is 5.36. The second-order valence-electron chi connectivity index (χ2n) is 7.07. The van der Waals surface area contributed by atoms with Crippen LogP contribution in [0.3, 0.4) is 0 Å². The maximum atomic E-state index is 13.1. The van der Waals surface area contributed by atoms with E-state index < -0.39 is 30.9 Å². The number of para-hydroxylation sites is 1. The minimum absolute atomic E-state index is 0.151. The third kappa shape index (κ3) is 6.78. The molecule has 0 bridgehead atoms. The zero-order valence-electron chi connectivity index (χ0n) is 16.7. The number of halogens is 2. The highest BCUT2D eigenvalue weighted by atomic mass is 79.9. The molecule has 2 N–H and O–H groups in total. The highest BCUT2D eigenvalue weighted by Gasteiger charge is 2.20. The second kappa shape index (κ2) is 10.9. The van der Waals surface area contributed by atoms with E-state index in [-0.39, 0.29) is 17.7 Å². The van der Waals surface area contributed by atoms with Crippen LogP contribution in [0.4, 0.5) is 10.1 Å². The van der Waals surface area contributed by atoms with Crippen molar-refractivity contribution < 1.29 is 28.2 Å². The number of ether oxygens (including phenoxy) is 2. The standard InChI is InChI=1S/C22H22BrFN2O5/c23-17-11-14(24)9-10-19(17)30-13-21(28)31-12-20(27)26-18-8-4-3-7-16(18)22(29)25-15-5-1-2-6-15/h3-4,7-11,15H,1-2,5-6,12-13H2,(H,25,29)(H,26,27). The van der Waals surface area contributed by atoms with Gasteiger partial charge >= 0.3 is 5.97 Å². The number of benzene rings is 2. The predicted octanol–water partition coefficient (Wildman–Crippen LogP) is 3.82. The Morgan fingerprint density at radius 3 is 2.55 bits per heavy atom. The normalized spacial score (nSPS) is 13.5. The molecule has 0 aromatic heterocycles. The van der Waals surface area contributed by atoms with Gasteiger partial charge in [-0.05, 0) is 59.1 Å². The first-order valence-corrected chi connectivity index (χ1v) is 10.6. The number of anilines is 1. The summed E-state index contributed by atoms with van der Waals surface area (Å²) in [6.45, 7) is -0.983. The Balaban J connectivity index is 1.48. The molecule has 0 saturated heterocycles. The first-order valence-electron chi connectivity index (χ1n) is 9.85. The predicted molar refractivity (Wildman–Crippen MR) is 115 cm³/mol. The van der Waals surface area contributed by atoms with Crippen LogP contribution in [0.25, 0.3) is 0 Å². The fourth-order valence-corrected chi connectivity index (χ4v) is 3.69. The lowest BCUT2D eigenvalue weighted by molar-refractivity contribution is -0.149. The van der Waals surface area contributed by atoms with Crippen LogP contribution in [-0.4, -0.2) is 37.0 Å². The summed E-state index contributed by atoms with van der Waals surface area (Å²) < 4.78 is 23.6. The van der Waals surface area contributed by atoms with E-state index in [1.54, 1.807) is 24.3 Å². The molecule has 1 aliphatic rings. The van der Waals surface area contributed by atoms with Crippen LogP contribution in [0.2, 0.25) is 0 Å².